The van der Waals surface area contributed by atoms with E-state index in [4.69, 9.17) is 32.4 Å². The number of carbonyl (C=O) groups is 1. The van der Waals surface area contributed by atoms with Gasteiger partial charge in [-0.05, 0) is 31.2 Å². The van der Waals surface area contributed by atoms with Crippen molar-refractivity contribution in [3.63, 3.8) is 0 Å². The number of nitrogens with zero attached hydrogens (tertiary/aromatic N) is 3. The van der Waals surface area contributed by atoms with E-state index in [0.29, 0.717) is 46.5 Å². The number of rotatable bonds is 4. The second-order valence-corrected chi connectivity index (χ2v) is 8.11. The highest BCUT2D eigenvalue weighted by atomic mass is 35.5. The van der Waals surface area contributed by atoms with Gasteiger partial charge in [0.1, 0.15) is 12.3 Å². The lowest BCUT2D eigenvalue weighted by Crippen LogP contribution is -2.55. The van der Waals surface area contributed by atoms with Crippen molar-refractivity contribution < 1.29 is 13.9 Å². The van der Waals surface area contributed by atoms with Gasteiger partial charge in [0.15, 0.2) is 5.58 Å². The van der Waals surface area contributed by atoms with Crippen LogP contribution in [0, 0.1) is 0 Å². The molecule has 9 heteroatoms. The maximum Gasteiger partial charge on any atom is 0.420 e. The van der Waals surface area contributed by atoms with E-state index in [9.17, 15) is 9.59 Å². The van der Waals surface area contributed by atoms with Gasteiger partial charge in [-0.2, -0.15) is 0 Å². The highest BCUT2D eigenvalue weighted by Crippen LogP contribution is 2.30. The zero-order valence-electron chi connectivity index (χ0n) is 16.6. The van der Waals surface area contributed by atoms with Crippen molar-refractivity contribution in [3.05, 3.63) is 57.0 Å². The summed E-state index contributed by atoms with van der Waals surface area (Å²) in [6.45, 7) is 3.78. The first kappa shape index (κ1) is 20.6. The average Bonchev–Trinajstić information content (AvgIpc) is 3.02. The molecule has 4 rings (SSSR count). The number of halogens is 2. The van der Waals surface area contributed by atoms with Gasteiger partial charge in [-0.25, -0.2) is 4.79 Å². The van der Waals surface area contributed by atoms with E-state index in [1.165, 1.54) is 4.57 Å². The minimum absolute atomic E-state index is 0.0313. The molecule has 1 atom stereocenters. The number of piperazine rings is 1. The number of hydrogen-bond acceptors (Lipinski definition) is 5. The summed E-state index contributed by atoms with van der Waals surface area (Å²) >= 11 is 12.1. The van der Waals surface area contributed by atoms with Crippen LogP contribution in [0.15, 0.2) is 45.6 Å². The Kier molecular flexibility index (Phi) is 5.66. The summed E-state index contributed by atoms with van der Waals surface area (Å²) in [4.78, 5) is 29.2. The summed E-state index contributed by atoms with van der Waals surface area (Å²) in [5.74, 6) is -0.0811. The molecule has 0 radical (unpaired) electrons. The van der Waals surface area contributed by atoms with Crippen molar-refractivity contribution in [2.24, 2.45) is 0 Å². The number of methoxy groups -OCH3 is 1. The Morgan fingerprint density at radius 3 is 2.73 bits per heavy atom. The van der Waals surface area contributed by atoms with Crippen LogP contribution in [-0.2, 0) is 11.3 Å². The molecule has 1 fully saturated rings. The minimum atomic E-state index is -0.569. The fourth-order valence-corrected chi connectivity index (χ4v) is 4.18. The molecule has 0 N–H and O–H groups in total. The first-order valence-electron chi connectivity index (χ1n) is 9.54. The number of hydrogen-bond donors (Lipinski definition) is 0. The van der Waals surface area contributed by atoms with Crippen LogP contribution in [0.3, 0.4) is 0 Å². The highest BCUT2D eigenvalue weighted by Gasteiger charge is 2.28. The van der Waals surface area contributed by atoms with Gasteiger partial charge in [-0.3, -0.25) is 9.36 Å². The quantitative estimate of drug-likeness (QED) is 0.607. The maximum atomic E-state index is 13.0. The average molecular weight is 450 g/mol. The van der Waals surface area contributed by atoms with Crippen LogP contribution in [0.2, 0.25) is 10.0 Å². The van der Waals surface area contributed by atoms with Gasteiger partial charge in [0.2, 0.25) is 5.91 Å². The molecule has 1 aromatic heterocycles. The van der Waals surface area contributed by atoms with E-state index in [2.05, 4.69) is 4.90 Å². The van der Waals surface area contributed by atoms with E-state index in [-0.39, 0.29) is 18.5 Å². The summed E-state index contributed by atoms with van der Waals surface area (Å²) in [5, 5.41) is 1.03. The van der Waals surface area contributed by atoms with Crippen molar-refractivity contribution in [1.82, 2.24) is 9.47 Å². The maximum absolute atomic E-state index is 13.0. The molecule has 2 aromatic carbocycles. The lowest BCUT2D eigenvalue weighted by atomic mass is 10.1. The van der Waals surface area contributed by atoms with Gasteiger partial charge >= 0.3 is 5.76 Å². The minimum Gasteiger partial charge on any atom is -0.495 e. The first-order chi connectivity index (χ1) is 14.4. The Morgan fingerprint density at radius 1 is 1.20 bits per heavy atom. The Hall–Kier alpha value is -2.64. The van der Waals surface area contributed by atoms with E-state index in [1.54, 1.807) is 36.3 Å². The molecule has 30 heavy (non-hydrogen) atoms. The van der Waals surface area contributed by atoms with Crippen LogP contribution in [0.5, 0.6) is 5.75 Å². The molecule has 2 heterocycles. The topological polar surface area (TPSA) is 67.9 Å². The molecular weight excluding hydrogens is 429 g/mol. The number of aromatic nitrogens is 1. The molecule has 0 saturated carbocycles. The molecule has 0 unspecified atom stereocenters. The molecule has 7 nitrogen and oxygen atoms in total. The summed E-state index contributed by atoms with van der Waals surface area (Å²) in [6.07, 6.45) is 0. The van der Waals surface area contributed by atoms with Crippen LogP contribution >= 0.6 is 23.2 Å². The molecule has 0 aliphatic carbocycles. The number of anilines is 1. The number of oxazole rings is 1. The normalized spacial score (nSPS) is 16.9. The second-order valence-electron chi connectivity index (χ2n) is 7.27. The molecule has 3 aromatic rings. The van der Waals surface area contributed by atoms with Crippen molar-refractivity contribution in [3.8, 4) is 5.75 Å². The molecule has 0 bridgehead atoms. The summed E-state index contributed by atoms with van der Waals surface area (Å²) in [7, 11) is 1.58. The highest BCUT2D eigenvalue weighted by molar-refractivity contribution is 6.32. The molecule has 1 aliphatic rings. The Morgan fingerprint density at radius 2 is 2.00 bits per heavy atom. The molecular formula is C21H21Cl2N3O4. The monoisotopic (exact) mass is 449 g/mol. The molecule has 158 valence electrons. The van der Waals surface area contributed by atoms with Gasteiger partial charge in [-0.1, -0.05) is 23.2 Å². The smallest absolute Gasteiger partial charge is 0.420 e. The summed E-state index contributed by atoms with van der Waals surface area (Å²) < 4.78 is 11.9. The van der Waals surface area contributed by atoms with E-state index >= 15 is 0 Å². The SMILES string of the molecule is COc1cc(N2CCN(C(=O)Cn3c(=O)oc4cc(Cl)ccc43)[C@@H](C)C2)ccc1Cl. The van der Waals surface area contributed by atoms with Crippen LogP contribution in [0.25, 0.3) is 11.1 Å². The second kappa shape index (κ2) is 8.24. The third kappa shape index (κ3) is 3.87. The van der Waals surface area contributed by atoms with E-state index < -0.39 is 5.76 Å². The van der Waals surface area contributed by atoms with Gasteiger partial charge in [0.05, 0.1) is 17.6 Å². The Bertz CT molecular complexity index is 1160. The summed E-state index contributed by atoms with van der Waals surface area (Å²) in [5.41, 5.74) is 1.91. The fraction of sp³-hybridized carbons (Fsp3) is 0.333. The number of ether oxygens (including phenoxy) is 1. The van der Waals surface area contributed by atoms with Gasteiger partial charge in [0, 0.05) is 48.5 Å². The Balaban J connectivity index is 1.48. The number of benzene rings is 2. The molecule has 1 aliphatic heterocycles. The zero-order valence-corrected chi connectivity index (χ0v) is 18.1. The largest absolute Gasteiger partial charge is 0.495 e. The predicted octanol–water partition coefficient (Wildman–Crippen LogP) is 3.65. The summed E-state index contributed by atoms with van der Waals surface area (Å²) in [6, 6.07) is 10.5. The van der Waals surface area contributed by atoms with Crippen molar-refractivity contribution in [2.45, 2.75) is 19.5 Å². The van der Waals surface area contributed by atoms with Crippen molar-refractivity contribution >= 4 is 45.9 Å². The number of carbonyl (C=O) groups excluding carboxylic acids is 1. The van der Waals surface area contributed by atoms with Crippen LogP contribution in [0.1, 0.15) is 6.92 Å². The fourth-order valence-electron chi connectivity index (χ4n) is 3.82. The molecule has 1 amide bonds. The van der Waals surface area contributed by atoms with E-state index in [1.807, 2.05) is 19.1 Å². The van der Waals surface area contributed by atoms with Crippen molar-refractivity contribution in [1.29, 1.82) is 0 Å². The van der Waals surface area contributed by atoms with Crippen LogP contribution < -0.4 is 15.4 Å². The van der Waals surface area contributed by atoms with E-state index in [0.717, 1.165) is 5.69 Å². The third-order valence-electron chi connectivity index (χ3n) is 5.37. The predicted molar refractivity (Wildman–Crippen MR) is 117 cm³/mol. The van der Waals surface area contributed by atoms with Gasteiger partial charge in [0.25, 0.3) is 0 Å². The van der Waals surface area contributed by atoms with Gasteiger partial charge < -0.3 is 19.0 Å². The zero-order chi connectivity index (χ0) is 21.4. The first-order valence-corrected chi connectivity index (χ1v) is 10.3. The molecule has 0 spiro atoms. The van der Waals surface area contributed by atoms with Crippen molar-refractivity contribution in [2.75, 3.05) is 31.6 Å². The van der Waals surface area contributed by atoms with Gasteiger partial charge in [-0.15, -0.1) is 0 Å². The lowest BCUT2D eigenvalue weighted by molar-refractivity contribution is -0.134. The van der Waals surface area contributed by atoms with Crippen LogP contribution in [-0.4, -0.2) is 48.2 Å². The Labute approximate surface area is 183 Å². The van der Waals surface area contributed by atoms with Crippen LogP contribution in [0.4, 0.5) is 5.69 Å². The lowest BCUT2D eigenvalue weighted by Gasteiger charge is -2.41. The standard InChI is InChI=1S/C21H21Cl2N3O4/c1-13-11-24(15-4-5-16(23)18(10-15)29-2)7-8-25(13)20(27)12-26-17-6-3-14(22)9-19(17)30-21(26)28/h3-6,9-10,13H,7-8,11-12H2,1-2H3/t13-/m0/s1. The molecule has 1 saturated heterocycles. The third-order valence-corrected chi connectivity index (χ3v) is 5.92. The number of fused-ring (bicyclic) bond motifs is 1. The number of amides is 1.